The van der Waals surface area contributed by atoms with Crippen molar-refractivity contribution >= 4 is 22.8 Å². The van der Waals surface area contributed by atoms with E-state index in [0.717, 1.165) is 0 Å². The number of aromatic nitrogens is 2. The van der Waals surface area contributed by atoms with Gasteiger partial charge in [-0.1, -0.05) is 12.1 Å². The Labute approximate surface area is 144 Å². The smallest absolute Gasteiger partial charge is 0.311 e. The van der Waals surface area contributed by atoms with Crippen LogP contribution in [0.4, 0.5) is 0 Å². The number of amides is 1. The summed E-state index contributed by atoms with van der Waals surface area (Å²) < 4.78 is 0. The first-order valence-corrected chi connectivity index (χ1v) is 8.38. The number of hydrogen-bond donors (Lipinski definition) is 2. The van der Waals surface area contributed by atoms with Crippen LogP contribution in [-0.4, -0.2) is 44.9 Å². The van der Waals surface area contributed by atoms with Gasteiger partial charge in [-0.15, -0.1) is 0 Å². The minimum atomic E-state index is -0.860. The van der Waals surface area contributed by atoms with Crippen molar-refractivity contribution in [2.24, 2.45) is 5.41 Å². The zero-order valence-corrected chi connectivity index (χ0v) is 14.1. The number of carbonyl (C=O) groups excluding carboxylic acids is 1. The average molecular weight is 343 g/mol. The van der Waals surface area contributed by atoms with Gasteiger partial charge in [0.25, 0.3) is 5.56 Å². The number of fused-ring (bicyclic) bond motifs is 1. The van der Waals surface area contributed by atoms with Crippen molar-refractivity contribution in [2.45, 2.75) is 32.6 Å². The number of nitrogens with one attached hydrogen (secondary N) is 1. The summed E-state index contributed by atoms with van der Waals surface area (Å²) in [6, 6.07) is 7.13. The Morgan fingerprint density at radius 3 is 2.84 bits per heavy atom. The second-order valence-corrected chi connectivity index (χ2v) is 6.81. The number of rotatable bonds is 5. The third-order valence-corrected chi connectivity index (χ3v) is 4.81. The maximum Gasteiger partial charge on any atom is 0.311 e. The van der Waals surface area contributed by atoms with Crippen LogP contribution in [0.25, 0.3) is 10.9 Å². The molecule has 2 N–H and O–H groups in total. The SMILES string of the molecule is C[C@@]1(C(=O)O)CCN(C(=O)CCCc2nc3ccccc3c(=O)[nH]2)C1. The number of aliphatic carboxylic acids is 1. The highest BCUT2D eigenvalue weighted by atomic mass is 16.4. The molecule has 2 heterocycles. The first-order chi connectivity index (χ1) is 11.9. The lowest BCUT2D eigenvalue weighted by Crippen LogP contribution is -2.34. The quantitative estimate of drug-likeness (QED) is 0.858. The fraction of sp³-hybridized carbons (Fsp3) is 0.444. The van der Waals surface area contributed by atoms with Gasteiger partial charge < -0.3 is 15.0 Å². The zero-order valence-electron chi connectivity index (χ0n) is 14.1. The van der Waals surface area contributed by atoms with E-state index in [1.807, 2.05) is 6.07 Å². The molecule has 1 aliphatic rings. The van der Waals surface area contributed by atoms with Crippen molar-refractivity contribution in [3.8, 4) is 0 Å². The lowest BCUT2D eigenvalue weighted by atomic mass is 9.90. The van der Waals surface area contributed by atoms with Crippen LogP contribution < -0.4 is 5.56 Å². The fourth-order valence-electron chi connectivity index (χ4n) is 3.17. The van der Waals surface area contributed by atoms with E-state index in [9.17, 15) is 19.5 Å². The van der Waals surface area contributed by atoms with E-state index in [4.69, 9.17) is 0 Å². The molecule has 0 unspecified atom stereocenters. The first kappa shape index (κ1) is 17.1. The molecule has 0 saturated carbocycles. The van der Waals surface area contributed by atoms with Crippen LogP contribution in [0.1, 0.15) is 32.0 Å². The van der Waals surface area contributed by atoms with Crippen LogP contribution in [-0.2, 0) is 16.0 Å². The number of para-hydroxylation sites is 1. The molecule has 0 radical (unpaired) electrons. The van der Waals surface area contributed by atoms with Gasteiger partial charge in [-0.3, -0.25) is 14.4 Å². The molecule has 1 fully saturated rings. The van der Waals surface area contributed by atoms with Crippen LogP contribution in [0.5, 0.6) is 0 Å². The summed E-state index contributed by atoms with van der Waals surface area (Å²) in [5.41, 5.74) is -0.381. The molecule has 132 valence electrons. The molecule has 1 aromatic carbocycles. The Balaban J connectivity index is 1.57. The Morgan fingerprint density at radius 1 is 1.36 bits per heavy atom. The summed E-state index contributed by atoms with van der Waals surface area (Å²) in [6.45, 7) is 2.41. The fourth-order valence-corrected chi connectivity index (χ4v) is 3.17. The summed E-state index contributed by atoms with van der Waals surface area (Å²) in [5, 5.41) is 9.78. The van der Waals surface area contributed by atoms with Gasteiger partial charge in [0.1, 0.15) is 5.82 Å². The van der Waals surface area contributed by atoms with E-state index in [1.54, 1.807) is 30.0 Å². The summed E-state index contributed by atoms with van der Waals surface area (Å²) >= 11 is 0. The molecule has 7 nitrogen and oxygen atoms in total. The van der Waals surface area contributed by atoms with E-state index in [0.29, 0.717) is 49.0 Å². The van der Waals surface area contributed by atoms with Gasteiger partial charge in [-0.2, -0.15) is 0 Å². The summed E-state index contributed by atoms with van der Waals surface area (Å²) in [7, 11) is 0. The number of carboxylic acids is 1. The molecule has 2 aromatic rings. The van der Waals surface area contributed by atoms with Crippen LogP contribution in [0.2, 0.25) is 0 Å². The van der Waals surface area contributed by atoms with E-state index in [1.165, 1.54) is 0 Å². The largest absolute Gasteiger partial charge is 0.481 e. The number of carboxylic acid groups (broad SMARTS) is 1. The predicted octanol–water partition coefficient (Wildman–Crippen LogP) is 1.57. The second kappa shape index (κ2) is 6.66. The van der Waals surface area contributed by atoms with Crippen molar-refractivity contribution in [1.82, 2.24) is 14.9 Å². The Morgan fingerprint density at radius 2 is 2.12 bits per heavy atom. The van der Waals surface area contributed by atoms with Crippen molar-refractivity contribution in [3.63, 3.8) is 0 Å². The molecule has 1 aliphatic heterocycles. The van der Waals surface area contributed by atoms with Crippen LogP contribution in [0, 0.1) is 5.41 Å². The summed E-state index contributed by atoms with van der Waals surface area (Å²) in [5.74, 6) is -0.345. The molecule has 7 heteroatoms. The number of likely N-dealkylation sites (tertiary alicyclic amines) is 1. The van der Waals surface area contributed by atoms with Crippen molar-refractivity contribution in [3.05, 3.63) is 40.4 Å². The normalized spacial score (nSPS) is 20.1. The van der Waals surface area contributed by atoms with Crippen LogP contribution >= 0.6 is 0 Å². The molecule has 3 rings (SSSR count). The summed E-state index contributed by atoms with van der Waals surface area (Å²) in [4.78, 5) is 44.3. The molecule has 1 amide bonds. The van der Waals surface area contributed by atoms with Crippen molar-refractivity contribution in [1.29, 1.82) is 0 Å². The molecule has 0 aliphatic carbocycles. The molecule has 1 saturated heterocycles. The van der Waals surface area contributed by atoms with E-state index in [2.05, 4.69) is 9.97 Å². The lowest BCUT2D eigenvalue weighted by molar-refractivity contribution is -0.147. The molecule has 0 bridgehead atoms. The van der Waals surface area contributed by atoms with E-state index in [-0.39, 0.29) is 18.0 Å². The number of aromatic amines is 1. The topological polar surface area (TPSA) is 103 Å². The predicted molar refractivity (Wildman–Crippen MR) is 92.2 cm³/mol. The number of hydrogen-bond acceptors (Lipinski definition) is 4. The van der Waals surface area contributed by atoms with Gasteiger partial charge in [-0.25, -0.2) is 4.98 Å². The summed E-state index contributed by atoms with van der Waals surface area (Å²) in [6.07, 6.45) is 1.84. The Kier molecular flexibility index (Phi) is 4.57. The van der Waals surface area contributed by atoms with E-state index >= 15 is 0 Å². The van der Waals surface area contributed by atoms with Gasteiger partial charge in [-0.05, 0) is 31.9 Å². The number of H-pyrrole nitrogens is 1. The Bertz CT molecular complexity index is 876. The second-order valence-electron chi connectivity index (χ2n) is 6.81. The van der Waals surface area contributed by atoms with Gasteiger partial charge in [0.2, 0.25) is 5.91 Å². The third-order valence-electron chi connectivity index (χ3n) is 4.81. The number of carbonyl (C=O) groups is 2. The zero-order chi connectivity index (χ0) is 18.0. The van der Waals surface area contributed by atoms with Gasteiger partial charge in [0.05, 0.1) is 16.3 Å². The van der Waals surface area contributed by atoms with Crippen LogP contribution in [0.3, 0.4) is 0 Å². The molecule has 0 spiro atoms. The standard InChI is InChI=1S/C18H21N3O4/c1-18(17(24)25)9-10-21(11-18)15(22)8-4-7-14-19-13-6-3-2-5-12(13)16(23)20-14/h2-3,5-6H,4,7-11H2,1H3,(H,24,25)(H,19,20,23)/t18-/m1/s1. The van der Waals surface area contributed by atoms with Gasteiger partial charge in [0, 0.05) is 25.9 Å². The van der Waals surface area contributed by atoms with Crippen molar-refractivity contribution in [2.75, 3.05) is 13.1 Å². The van der Waals surface area contributed by atoms with E-state index < -0.39 is 11.4 Å². The third kappa shape index (κ3) is 3.55. The number of benzene rings is 1. The molecule has 1 atom stereocenters. The molecular weight excluding hydrogens is 322 g/mol. The molecular formula is C18H21N3O4. The minimum absolute atomic E-state index is 0.0480. The highest BCUT2D eigenvalue weighted by Gasteiger charge is 2.41. The monoisotopic (exact) mass is 343 g/mol. The van der Waals surface area contributed by atoms with Crippen molar-refractivity contribution < 1.29 is 14.7 Å². The minimum Gasteiger partial charge on any atom is -0.481 e. The van der Waals surface area contributed by atoms with Gasteiger partial charge >= 0.3 is 5.97 Å². The number of aryl methyl sites for hydroxylation is 1. The first-order valence-electron chi connectivity index (χ1n) is 8.38. The lowest BCUT2D eigenvalue weighted by Gasteiger charge is -2.20. The maximum atomic E-state index is 12.3. The molecule has 25 heavy (non-hydrogen) atoms. The molecule has 1 aromatic heterocycles. The Hall–Kier alpha value is -2.70. The van der Waals surface area contributed by atoms with Gasteiger partial charge in [0.15, 0.2) is 0 Å². The highest BCUT2D eigenvalue weighted by Crippen LogP contribution is 2.30. The number of nitrogens with zero attached hydrogens (tertiary/aromatic N) is 2. The van der Waals surface area contributed by atoms with Crippen LogP contribution in [0.15, 0.2) is 29.1 Å². The average Bonchev–Trinajstić information content (AvgIpc) is 2.99. The maximum absolute atomic E-state index is 12.3. The highest BCUT2D eigenvalue weighted by molar-refractivity contribution is 5.80.